The van der Waals surface area contributed by atoms with Gasteiger partial charge < -0.3 is 21.3 Å². The number of nitrogens with one attached hydrogen (secondary N) is 4. The molecule has 4 N–H and O–H groups in total. The molecular formula is C20H30N6O3. The minimum absolute atomic E-state index is 0.0477. The average molecular weight is 402 g/mol. The second kappa shape index (κ2) is 10.3. The van der Waals surface area contributed by atoms with Crippen molar-refractivity contribution in [3.63, 3.8) is 0 Å². The van der Waals surface area contributed by atoms with E-state index >= 15 is 0 Å². The van der Waals surface area contributed by atoms with Gasteiger partial charge in [0.1, 0.15) is 11.7 Å². The molecule has 2 fully saturated rings. The van der Waals surface area contributed by atoms with E-state index in [2.05, 4.69) is 38.2 Å². The van der Waals surface area contributed by atoms with Crippen molar-refractivity contribution in [2.45, 2.75) is 51.1 Å². The van der Waals surface area contributed by atoms with E-state index in [0.717, 1.165) is 45.2 Å². The quantitative estimate of drug-likeness (QED) is 0.509. The Bertz CT molecular complexity index is 707. The van der Waals surface area contributed by atoms with Gasteiger partial charge in [-0.05, 0) is 31.2 Å². The van der Waals surface area contributed by atoms with Crippen LogP contribution in [0.1, 0.15) is 49.5 Å². The minimum Gasteiger partial charge on any atom is -0.350 e. The van der Waals surface area contributed by atoms with Gasteiger partial charge in [0.15, 0.2) is 0 Å². The molecule has 158 valence electrons. The average Bonchev–Trinajstić information content (AvgIpc) is 3.15. The minimum atomic E-state index is -0.690. The highest BCUT2D eigenvalue weighted by Crippen LogP contribution is 2.26. The summed E-state index contributed by atoms with van der Waals surface area (Å²) in [5.74, 6) is -0.579. The molecule has 9 nitrogen and oxygen atoms in total. The third kappa shape index (κ3) is 5.96. The van der Waals surface area contributed by atoms with Crippen LogP contribution in [0.15, 0.2) is 18.6 Å². The Morgan fingerprint density at radius 1 is 1.17 bits per heavy atom. The second-order valence-corrected chi connectivity index (χ2v) is 7.97. The molecule has 1 aromatic rings. The molecular weight excluding hydrogens is 372 g/mol. The van der Waals surface area contributed by atoms with Gasteiger partial charge in [-0.1, -0.05) is 26.2 Å². The fraction of sp³-hybridized carbons (Fsp3) is 0.650. The van der Waals surface area contributed by atoms with Crippen LogP contribution in [-0.2, 0) is 9.59 Å². The smallest absolute Gasteiger partial charge is 0.272 e. The lowest BCUT2D eigenvalue weighted by Crippen LogP contribution is -2.53. The molecule has 1 aliphatic carbocycles. The topological polar surface area (TPSA) is 125 Å². The zero-order chi connectivity index (χ0) is 20.6. The van der Waals surface area contributed by atoms with Gasteiger partial charge in [0.25, 0.3) is 5.91 Å². The first kappa shape index (κ1) is 21.2. The lowest BCUT2D eigenvalue weighted by Gasteiger charge is -2.30. The van der Waals surface area contributed by atoms with E-state index in [4.69, 9.17) is 0 Å². The van der Waals surface area contributed by atoms with Gasteiger partial charge in [-0.3, -0.25) is 19.4 Å². The Morgan fingerprint density at radius 3 is 2.62 bits per heavy atom. The lowest BCUT2D eigenvalue weighted by molar-refractivity contribution is -0.128. The number of amides is 3. The summed E-state index contributed by atoms with van der Waals surface area (Å²) < 4.78 is 0. The summed E-state index contributed by atoms with van der Waals surface area (Å²) in [6, 6.07) is -0.616. The Labute approximate surface area is 170 Å². The van der Waals surface area contributed by atoms with Gasteiger partial charge in [-0.25, -0.2) is 4.98 Å². The normalized spacial score (nSPS) is 23.2. The van der Waals surface area contributed by atoms with E-state index in [1.807, 2.05) is 0 Å². The van der Waals surface area contributed by atoms with Crippen LogP contribution in [0.4, 0.5) is 0 Å². The Balaban J connectivity index is 1.58. The van der Waals surface area contributed by atoms with Crippen molar-refractivity contribution < 1.29 is 14.4 Å². The standard InChI is InChI=1S/C20H30N6O3/c1-13-9-22-10-15(13)25-17(27)12-24-20(29)18(14-5-3-2-4-6-14)26-19(28)16-11-21-7-8-23-16/h7-8,11,13-15,18,22H,2-6,9-10,12H2,1H3,(H,24,29)(H,25,27)(H,26,28)/t13-,15+,18?/m1/s1. The molecule has 1 unspecified atom stereocenters. The number of nitrogens with zero attached hydrogens (tertiary/aromatic N) is 2. The van der Waals surface area contributed by atoms with Crippen LogP contribution in [0.25, 0.3) is 0 Å². The number of rotatable bonds is 7. The maximum absolute atomic E-state index is 12.9. The summed E-state index contributed by atoms with van der Waals surface area (Å²) in [6.45, 7) is 3.58. The fourth-order valence-corrected chi connectivity index (χ4v) is 4.03. The molecule has 9 heteroatoms. The van der Waals surface area contributed by atoms with Crippen molar-refractivity contribution in [3.8, 4) is 0 Å². The summed E-state index contributed by atoms with van der Waals surface area (Å²) in [6.07, 6.45) is 9.24. The van der Waals surface area contributed by atoms with Crippen molar-refractivity contribution >= 4 is 17.7 Å². The Hall–Kier alpha value is -2.55. The monoisotopic (exact) mass is 402 g/mol. The summed E-state index contributed by atoms with van der Waals surface area (Å²) in [7, 11) is 0. The van der Waals surface area contributed by atoms with E-state index in [1.165, 1.54) is 18.6 Å². The summed E-state index contributed by atoms with van der Waals surface area (Å²) in [5, 5.41) is 11.7. The SMILES string of the molecule is C[C@@H]1CNC[C@@H]1NC(=O)CNC(=O)C(NC(=O)c1cnccn1)C1CCCCC1. The van der Waals surface area contributed by atoms with Crippen molar-refractivity contribution in [3.05, 3.63) is 24.3 Å². The van der Waals surface area contributed by atoms with Gasteiger partial charge in [0.05, 0.1) is 12.7 Å². The van der Waals surface area contributed by atoms with E-state index in [1.54, 1.807) is 0 Å². The van der Waals surface area contributed by atoms with E-state index < -0.39 is 11.9 Å². The van der Waals surface area contributed by atoms with Crippen LogP contribution >= 0.6 is 0 Å². The number of hydrogen-bond acceptors (Lipinski definition) is 6. The molecule has 3 atom stereocenters. The molecule has 2 heterocycles. The number of aromatic nitrogens is 2. The summed E-state index contributed by atoms with van der Waals surface area (Å²) in [5.41, 5.74) is 0.168. The number of carbonyl (C=O) groups excluding carboxylic acids is 3. The lowest BCUT2D eigenvalue weighted by atomic mass is 9.83. The Morgan fingerprint density at radius 2 is 1.97 bits per heavy atom. The van der Waals surface area contributed by atoms with Crippen molar-refractivity contribution in [2.24, 2.45) is 11.8 Å². The molecule has 3 amide bonds. The maximum atomic E-state index is 12.9. The summed E-state index contributed by atoms with van der Waals surface area (Å²) >= 11 is 0. The van der Waals surface area contributed by atoms with Crippen LogP contribution in [0.5, 0.6) is 0 Å². The predicted octanol–water partition coefficient (Wildman–Crippen LogP) is -0.00440. The highest BCUT2D eigenvalue weighted by Gasteiger charge is 2.32. The molecule has 1 saturated heterocycles. The van der Waals surface area contributed by atoms with Crippen molar-refractivity contribution in [1.82, 2.24) is 31.2 Å². The van der Waals surface area contributed by atoms with Crippen LogP contribution in [0.3, 0.4) is 0 Å². The molecule has 0 bridgehead atoms. The van der Waals surface area contributed by atoms with Gasteiger partial charge >= 0.3 is 0 Å². The molecule has 1 aromatic heterocycles. The van der Waals surface area contributed by atoms with Crippen molar-refractivity contribution in [2.75, 3.05) is 19.6 Å². The third-order valence-corrected chi connectivity index (χ3v) is 5.77. The molecule has 29 heavy (non-hydrogen) atoms. The number of carbonyl (C=O) groups is 3. The van der Waals surface area contributed by atoms with Crippen molar-refractivity contribution in [1.29, 1.82) is 0 Å². The van der Waals surface area contributed by atoms with E-state index in [0.29, 0.717) is 5.92 Å². The molecule has 1 saturated carbocycles. The third-order valence-electron chi connectivity index (χ3n) is 5.77. The maximum Gasteiger partial charge on any atom is 0.272 e. The Kier molecular flexibility index (Phi) is 7.51. The number of hydrogen-bond donors (Lipinski definition) is 4. The summed E-state index contributed by atoms with van der Waals surface area (Å²) in [4.78, 5) is 45.5. The van der Waals surface area contributed by atoms with Crippen LogP contribution < -0.4 is 21.3 Å². The molecule has 3 rings (SSSR count). The van der Waals surface area contributed by atoms with Gasteiger partial charge in [0, 0.05) is 25.0 Å². The van der Waals surface area contributed by atoms with Gasteiger partial charge in [-0.2, -0.15) is 0 Å². The molecule has 1 aliphatic heterocycles. The zero-order valence-corrected chi connectivity index (χ0v) is 16.8. The highest BCUT2D eigenvalue weighted by atomic mass is 16.2. The first-order valence-corrected chi connectivity index (χ1v) is 10.4. The van der Waals surface area contributed by atoms with Crippen LogP contribution in [-0.4, -0.2) is 59.4 Å². The van der Waals surface area contributed by atoms with E-state index in [9.17, 15) is 14.4 Å². The first-order valence-electron chi connectivity index (χ1n) is 10.4. The van der Waals surface area contributed by atoms with Crippen LogP contribution in [0, 0.1) is 11.8 Å². The van der Waals surface area contributed by atoms with Crippen LogP contribution in [0.2, 0.25) is 0 Å². The van der Waals surface area contributed by atoms with E-state index in [-0.39, 0.29) is 36.0 Å². The molecule has 0 spiro atoms. The molecule has 0 radical (unpaired) electrons. The molecule has 2 aliphatic rings. The fourth-order valence-electron chi connectivity index (χ4n) is 4.03. The second-order valence-electron chi connectivity index (χ2n) is 7.97. The van der Waals surface area contributed by atoms with Gasteiger partial charge in [-0.15, -0.1) is 0 Å². The predicted molar refractivity (Wildman–Crippen MR) is 107 cm³/mol. The first-order chi connectivity index (χ1) is 14.0. The largest absolute Gasteiger partial charge is 0.350 e. The molecule has 0 aromatic carbocycles. The highest BCUT2D eigenvalue weighted by molar-refractivity contribution is 5.96. The van der Waals surface area contributed by atoms with Gasteiger partial charge in [0.2, 0.25) is 11.8 Å². The zero-order valence-electron chi connectivity index (χ0n) is 16.8.